The van der Waals surface area contributed by atoms with E-state index in [4.69, 9.17) is 0 Å². The van der Waals surface area contributed by atoms with Crippen LogP contribution in [0.3, 0.4) is 0 Å². The molecule has 2 rings (SSSR count). The number of benzene rings is 1. The van der Waals surface area contributed by atoms with Gasteiger partial charge in [-0.25, -0.2) is 0 Å². The standard InChI is InChI=1S/C12H13BrN2O2/c13-10-3-1-2-9(8-10)12(17)15-6-4-11(16)14-5-7-15/h1-3,8H,4-7H2,(H,14,16). The zero-order valence-electron chi connectivity index (χ0n) is 9.28. The summed E-state index contributed by atoms with van der Waals surface area (Å²) in [6.07, 6.45) is 0.375. The average molecular weight is 297 g/mol. The summed E-state index contributed by atoms with van der Waals surface area (Å²) in [5.74, 6) is -0.0163. The summed E-state index contributed by atoms with van der Waals surface area (Å²) in [5.41, 5.74) is 0.647. The summed E-state index contributed by atoms with van der Waals surface area (Å²) in [6, 6.07) is 7.29. The Kier molecular flexibility index (Phi) is 3.78. The van der Waals surface area contributed by atoms with Gasteiger partial charge in [-0.3, -0.25) is 9.59 Å². The van der Waals surface area contributed by atoms with Crippen LogP contribution in [0.15, 0.2) is 28.7 Å². The molecule has 1 aromatic carbocycles. The molecule has 0 radical (unpaired) electrons. The van der Waals surface area contributed by atoms with Crippen LogP contribution in [0, 0.1) is 0 Å². The highest BCUT2D eigenvalue weighted by atomic mass is 79.9. The Morgan fingerprint density at radius 2 is 2.18 bits per heavy atom. The van der Waals surface area contributed by atoms with Gasteiger partial charge in [-0.2, -0.15) is 0 Å². The molecule has 0 aliphatic carbocycles. The molecule has 0 aromatic heterocycles. The van der Waals surface area contributed by atoms with E-state index in [2.05, 4.69) is 21.2 Å². The number of hydrogen-bond acceptors (Lipinski definition) is 2. The lowest BCUT2D eigenvalue weighted by Crippen LogP contribution is -2.34. The first-order chi connectivity index (χ1) is 8.16. The van der Waals surface area contributed by atoms with Crippen LogP contribution >= 0.6 is 15.9 Å². The van der Waals surface area contributed by atoms with Gasteiger partial charge < -0.3 is 10.2 Å². The van der Waals surface area contributed by atoms with E-state index in [0.29, 0.717) is 31.6 Å². The number of amides is 2. The quantitative estimate of drug-likeness (QED) is 0.852. The van der Waals surface area contributed by atoms with Gasteiger partial charge in [-0.05, 0) is 18.2 Å². The van der Waals surface area contributed by atoms with Gasteiger partial charge in [0.05, 0.1) is 0 Å². The molecule has 1 aliphatic heterocycles. The van der Waals surface area contributed by atoms with E-state index >= 15 is 0 Å². The van der Waals surface area contributed by atoms with Crippen LogP contribution in [0.25, 0.3) is 0 Å². The monoisotopic (exact) mass is 296 g/mol. The van der Waals surface area contributed by atoms with E-state index in [0.717, 1.165) is 4.47 Å². The smallest absolute Gasteiger partial charge is 0.253 e. The fourth-order valence-corrected chi connectivity index (χ4v) is 2.17. The van der Waals surface area contributed by atoms with Gasteiger partial charge in [0.15, 0.2) is 0 Å². The summed E-state index contributed by atoms with van der Waals surface area (Å²) in [5, 5.41) is 2.75. The van der Waals surface area contributed by atoms with Crippen molar-refractivity contribution in [1.82, 2.24) is 10.2 Å². The van der Waals surface area contributed by atoms with Crippen LogP contribution in [0.2, 0.25) is 0 Å². The van der Waals surface area contributed by atoms with Crippen LogP contribution in [-0.4, -0.2) is 36.3 Å². The van der Waals surface area contributed by atoms with Gasteiger partial charge in [0, 0.05) is 36.1 Å². The van der Waals surface area contributed by atoms with E-state index in [1.165, 1.54) is 0 Å². The molecule has 1 heterocycles. The first kappa shape index (κ1) is 12.1. The molecule has 0 bridgehead atoms. The molecule has 1 aromatic rings. The third kappa shape index (κ3) is 3.06. The number of carbonyl (C=O) groups is 2. The van der Waals surface area contributed by atoms with Crippen LogP contribution in [-0.2, 0) is 4.79 Å². The third-order valence-electron chi connectivity index (χ3n) is 2.67. The molecule has 1 fully saturated rings. The molecule has 1 aliphatic rings. The molecule has 1 N–H and O–H groups in total. The SMILES string of the molecule is O=C1CCN(C(=O)c2cccc(Br)c2)CCN1. The number of rotatable bonds is 1. The van der Waals surface area contributed by atoms with E-state index in [1.54, 1.807) is 17.0 Å². The van der Waals surface area contributed by atoms with Crippen molar-refractivity contribution in [3.05, 3.63) is 34.3 Å². The van der Waals surface area contributed by atoms with Gasteiger partial charge in [0.2, 0.25) is 5.91 Å². The molecule has 5 heteroatoms. The predicted molar refractivity (Wildman–Crippen MR) is 67.7 cm³/mol. The van der Waals surface area contributed by atoms with Crippen molar-refractivity contribution in [3.8, 4) is 0 Å². The Bertz CT molecular complexity index is 448. The summed E-state index contributed by atoms with van der Waals surface area (Å²) in [4.78, 5) is 25.1. The van der Waals surface area contributed by atoms with Crippen LogP contribution in [0.1, 0.15) is 16.8 Å². The number of nitrogens with zero attached hydrogens (tertiary/aromatic N) is 1. The maximum absolute atomic E-state index is 12.2. The second-order valence-corrected chi connectivity index (χ2v) is 4.82. The van der Waals surface area contributed by atoms with Crippen molar-refractivity contribution < 1.29 is 9.59 Å². The first-order valence-electron chi connectivity index (χ1n) is 5.48. The average Bonchev–Trinajstić information content (AvgIpc) is 2.53. The van der Waals surface area contributed by atoms with Crippen LogP contribution in [0.4, 0.5) is 0 Å². The van der Waals surface area contributed by atoms with Gasteiger partial charge >= 0.3 is 0 Å². The predicted octanol–water partition coefficient (Wildman–Crippen LogP) is 1.41. The molecule has 0 atom stereocenters. The molecular weight excluding hydrogens is 284 g/mol. The van der Waals surface area contributed by atoms with Crippen molar-refractivity contribution in [2.45, 2.75) is 6.42 Å². The van der Waals surface area contributed by atoms with E-state index in [-0.39, 0.29) is 11.8 Å². The van der Waals surface area contributed by atoms with Crippen LogP contribution < -0.4 is 5.32 Å². The number of hydrogen-bond donors (Lipinski definition) is 1. The lowest BCUT2D eigenvalue weighted by molar-refractivity contribution is -0.120. The lowest BCUT2D eigenvalue weighted by Gasteiger charge is -2.19. The van der Waals surface area contributed by atoms with Crippen LogP contribution in [0.5, 0.6) is 0 Å². The Balaban J connectivity index is 2.11. The zero-order chi connectivity index (χ0) is 12.3. The van der Waals surface area contributed by atoms with Gasteiger partial charge in [0.1, 0.15) is 0 Å². The summed E-state index contributed by atoms with van der Waals surface area (Å²) in [7, 11) is 0. The number of carbonyl (C=O) groups excluding carboxylic acids is 2. The molecule has 0 spiro atoms. The topological polar surface area (TPSA) is 49.4 Å². The van der Waals surface area contributed by atoms with Crippen molar-refractivity contribution in [2.24, 2.45) is 0 Å². The van der Waals surface area contributed by atoms with Crippen molar-refractivity contribution in [2.75, 3.05) is 19.6 Å². The Hall–Kier alpha value is -1.36. The molecule has 2 amide bonds. The highest BCUT2D eigenvalue weighted by molar-refractivity contribution is 9.10. The summed E-state index contributed by atoms with van der Waals surface area (Å²) < 4.78 is 0.882. The first-order valence-corrected chi connectivity index (χ1v) is 6.27. The molecule has 4 nitrogen and oxygen atoms in total. The maximum Gasteiger partial charge on any atom is 0.253 e. The van der Waals surface area contributed by atoms with Crippen molar-refractivity contribution in [3.63, 3.8) is 0 Å². The minimum absolute atomic E-state index is 0.00884. The summed E-state index contributed by atoms with van der Waals surface area (Å²) in [6.45, 7) is 1.58. The van der Waals surface area contributed by atoms with Gasteiger partial charge in [0.25, 0.3) is 5.91 Å². The fourth-order valence-electron chi connectivity index (χ4n) is 1.77. The van der Waals surface area contributed by atoms with E-state index in [1.807, 2.05) is 12.1 Å². The summed E-state index contributed by atoms with van der Waals surface area (Å²) >= 11 is 3.34. The van der Waals surface area contributed by atoms with E-state index < -0.39 is 0 Å². The molecule has 0 unspecified atom stereocenters. The van der Waals surface area contributed by atoms with Crippen molar-refractivity contribution >= 4 is 27.7 Å². The van der Waals surface area contributed by atoms with Gasteiger partial charge in [-0.1, -0.05) is 22.0 Å². The molecular formula is C12H13BrN2O2. The molecule has 17 heavy (non-hydrogen) atoms. The Morgan fingerprint density at radius 1 is 1.35 bits per heavy atom. The largest absolute Gasteiger partial charge is 0.354 e. The van der Waals surface area contributed by atoms with Crippen molar-refractivity contribution in [1.29, 1.82) is 0 Å². The van der Waals surface area contributed by atoms with E-state index in [9.17, 15) is 9.59 Å². The van der Waals surface area contributed by atoms with Gasteiger partial charge in [-0.15, -0.1) is 0 Å². The zero-order valence-corrected chi connectivity index (χ0v) is 10.9. The minimum Gasteiger partial charge on any atom is -0.354 e. The lowest BCUT2D eigenvalue weighted by atomic mass is 10.2. The number of halogens is 1. The Labute approximate surface area is 108 Å². The second-order valence-electron chi connectivity index (χ2n) is 3.90. The highest BCUT2D eigenvalue weighted by Gasteiger charge is 2.19. The Morgan fingerprint density at radius 3 is 2.94 bits per heavy atom. The molecule has 0 saturated carbocycles. The second kappa shape index (κ2) is 5.31. The fraction of sp³-hybridized carbons (Fsp3) is 0.333. The number of nitrogens with one attached hydrogen (secondary N) is 1. The highest BCUT2D eigenvalue weighted by Crippen LogP contribution is 2.14. The normalized spacial score (nSPS) is 16.3. The third-order valence-corrected chi connectivity index (χ3v) is 3.16. The maximum atomic E-state index is 12.2. The molecule has 1 saturated heterocycles. The minimum atomic E-state index is -0.0252. The molecule has 90 valence electrons.